The number of fused-ring (bicyclic) bond motifs is 1. The molecule has 4 aromatic rings. The lowest BCUT2D eigenvalue weighted by molar-refractivity contribution is 0.0921. The third kappa shape index (κ3) is 4.45. The molecule has 0 unspecified atom stereocenters. The van der Waals surface area contributed by atoms with Gasteiger partial charge < -0.3 is 14.5 Å². The number of aromatic nitrogens is 3. The first-order valence-electron chi connectivity index (χ1n) is 9.55. The lowest BCUT2D eigenvalue weighted by atomic mass is 10.2. The third-order valence-electron chi connectivity index (χ3n) is 4.60. The summed E-state index contributed by atoms with van der Waals surface area (Å²) in [5, 5.41) is 11.2. The minimum atomic E-state index is -0.238. The summed E-state index contributed by atoms with van der Waals surface area (Å²) in [7, 11) is 0. The third-order valence-corrected chi connectivity index (χ3v) is 4.60. The fourth-order valence-corrected chi connectivity index (χ4v) is 3.04. The molecule has 29 heavy (non-hydrogen) atoms. The SMILES string of the molecule is Cc1ccccc1OCc1ccc(C(=O)NCCCc2nnc3ccccn23)o1. The molecule has 0 aliphatic carbocycles. The Morgan fingerprint density at radius 3 is 2.86 bits per heavy atom. The van der Waals surface area contributed by atoms with Crippen molar-refractivity contribution in [2.75, 3.05) is 6.54 Å². The molecular formula is C22H22N4O3. The van der Waals surface area contributed by atoms with E-state index in [1.807, 2.05) is 60.0 Å². The van der Waals surface area contributed by atoms with Crippen LogP contribution in [0, 0.1) is 6.92 Å². The van der Waals surface area contributed by atoms with Gasteiger partial charge in [0.25, 0.3) is 5.91 Å². The van der Waals surface area contributed by atoms with Gasteiger partial charge in [-0.2, -0.15) is 0 Å². The van der Waals surface area contributed by atoms with Crippen molar-refractivity contribution in [3.63, 3.8) is 0 Å². The van der Waals surface area contributed by atoms with E-state index < -0.39 is 0 Å². The van der Waals surface area contributed by atoms with E-state index in [0.29, 0.717) is 12.3 Å². The van der Waals surface area contributed by atoms with Crippen molar-refractivity contribution < 1.29 is 13.9 Å². The number of pyridine rings is 1. The van der Waals surface area contributed by atoms with Crippen molar-refractivity contribution in [3.05, 3.63) is 83.7 Å². The number of carbonyl (C=O) groups is 1. The molecule has 0 radical (unpaired) electrons. The van der Waals surface area contributed by atoms with E-state index in [4.69, 9.17) is 9.15 Å². The van der Waals surface area contributed by atoms with Gasteiger partial charge in [0.2, 0.25) is 0 Å². The summed E-state index contributed by atoms with van der Waals surface area (Å²) in [5.41, 5.74) is 1.88. The molecule has 3 heterocycles. The highest BCUT2D eigenvalue weighted by Gasteiger charge is 2.12. The van der Waals surface area contributed by atoms with Gasteiger partial charge in [-0.05, 0) is 49.2 Å². The molecule has 0 spiro atoms. The number of hydrogen-bond acceptors (Lipinski definition) is 5. The normalized spacial score (nSPS) is 10.9. The second kappa shape index (κ2) is 8.60. The summed E-state index contributed by atoms with van der Waals surface area (Å²) in [6, 6.07) is 17.0. The van der Waals surface area contributed by atoms with Gasteiger partial charge in [-0.3, -0.25) is 9.20 Å². The predicted molar refractivity (Wildman–Crippen MR) is 108 cm³/mol. The molecule has 0 saturated carbocycles. The number of hydrogen-bond donors (Lipinski definition) is 1. The Balaban J connectivity index is 1.24. The van der Waals surface area contributed by atoms with Crippen LogP contribution in [0.4, 0.5) is 0 Å². The van der Waals surface area contributed by atoms with Gasteiger partial charge >= 0.3 is 0 Å². The van der Waals surface area contributed by atoms with Gasteiger partial charge in [0.1, 0.15) is 23.9 Å². The molecule has 0 atom stereocenters. The van der Waals surface area contributed by atoms with Crippen molar-refractivity contribution in [1.29, 1.82) is 0 Å². The number of benzene rings is 1. The maximum absolute atomic E-state index is 12.3. The molecule has 7 heteroatoms. The quantitative estimate of drug-likeness (QED) is 0.465. The Morgan fingerprint density at radius 1 is 1.10 bits per heavy atom. The maximum Gasteiger partial charge on any atom is 0.286 e. The molecule has 0 aliphatic rings. The lowest BCUT2D eigenvalue weighted by Crippen LogP contribution is -2.24. The first-order chi connectivity index (χ1) is 14.2. The average Bonchev–Trinajstić information content (AvgIpc) is 3.38. The zero-order valence-electron chi connectivity index (χ0n) is 16.2. The van der Waals surface area contributed by atoms with Gasteiger partial charge in [-0.1, -0.05) is 24.3 Å². The van der Waals surface area contributed by atoms with Crippen molar-refractivity contribution in [2.45, 2.75) is 26.4 Å². The van der Waals surface area contributed by atoms with Crippen LogP contribution in [-0.4, -0.2) is 27.0 Å². The smallest absolute Gasteiger partial charge is 0.286 e. The molecule has 4 rings (SSSR count). The highest BCUT2D eigenvalue weighted by molar-refractivity contribution is 5.91. The van der Waals surface area contributed by atoms with Gasteiger partial charge in [0.05, 0.1) is 0 Å². The molecular weight excluding hydrogens is 368 g/mol. The first kappa shape index (κ1) is 18.7. The van der Waals surface area contributed by atoms with Crippen LogP contribution in [-0.2, 0) is 13.0 Å². The molecule has 0 aliphatic heterocycles. The van der Waals surface area contributed by atoms with Crippen LogP contribution in [0.3, 0.4) is 0 Å². The Bertz CT molecular complexity index is 1120. The van der Waals surface area contributed by atoms with E-state index >= 15 is 0 Å². The van der Waals surface area contributed by atoms with Gasteiger partial charge in [0.15, 0.2) is 11.4 Å². The minimum absolute atomic E-state index is 0.238. The number of amides is 1. The fourth-order valence-electron chi connectivity index (χ4n) is 3.04. The molecule has 1 N–H and O–H groups in total. The zero-order chi connectivity index (χ0) is 20.1. The lowest BCUT2D eigenvalue weighted by Gasteiger charge is -2.07. The van der Waals surface area contributed by atoms with E-state index in [-0.39, 0.29) is 18.3 Å². The highest BCUT2D eigenvalue weighted by atomic mass is 16.5. The number of furan rings is 1. The van der Waals surface area contributed by atoms with Gasteiger partial charge in [0, 0.05) is 19.2 Å². The van der Waals surface area contributed by atoms with Crippen LogP contribution in [0.5, 0.6) is 5.75 Å². The number of rotatable bonds is 8. The number of para-hydroxylation sites is 1. The summed E-state index contributed by atoms with van der Waals surface area (Å²) < 4.78 is 13.3. The van der Waals surface area contributed by atoms with Gasteiger partial charge in [-0.25, -0.2) is 0 Å². The van der Waals surface area contributed by atoms with Crippen molar-refractivity contribution in [1.82, 2.24) is 19.9 Å². The van der Waals surface area contributed by atoms with E-state index in [9.17, 15) is 4.79 Å². The average molecular weight is 390 g/mol. The van der Waals surface area contributed by atoms with Crippen LogP contribution in [0.25, 0.3) is 5.65 Å². The van der Waals surface area contributed by atoms with Crippen LogP contribution >= 0.6 is 0 Å². The first-order valence-corrected chi connectivity index (χ1v) is 9.55. The van der Waals surface area contributed by atoms with E-state index in [2.05, 4.69) is 15.5 Å². The molecule has 0 bridgehead atoms. The predicted octanol–water partition coefficient (Wildman–Crippen LogP) is 3.57. The summed E-state index contributed by atoms with van der Waals surface area (Å²) in [4.78, 5) is 12.3. The number of nitrogens with one attached hydrogen (secondary N) is 1. The fraction of sp³-hybridized carbons (Fsp3) is 0.227. The van der Waals surface area contributed by atoms with Crippen LogP contribution < -0.4 is 10.1 Å². The zero-order valence-corrected chi connectivity index (χ0v) is 16.2. The van der Waals surface area contributed by atoms with Crippen molar-refractivity contribution in [2.24, 2.45) is 0 Å². The highest BCUT2D eigenvalue weighted by Crippen LogP contribution is 2.18. The largest absolute Gasteiger partial charge is 0.485 e. The van der Waals surface area contributed by atoms with E-state index in [0.717, 1.165) is 35.6 Å². The number of carbonyl (C=O) groups excluding carboxylic acids is 1. The number of aryl methyl sites for hydroxylation is 2. The van der Waals surface area contributed by atoms with Crippen molar-refractivity contribution in [3.8, 4) is 5.75 Å². The monoisotopic (exact) mass is 390 g/mol. The summed E-state index contributed by atoms with van der Waals surface area (Å²) >= 11 is 0. The Kier molecular flexibility index (Phi) is 5.56. The molecule has 0 fully saturated rings. The molecule has 3 aromatic heterocycles. The topological polar surface area (TPSA) is 81.7 Å². The summed E-state index contributed by atoms with van der Waals surface area (Å²) in [5.74, 6) is 2.33. The van der Waals surface area contributed by atoms with Crippen LogP contribution in [0.15, 0.2) is 65.2 Å². The second-order valence-electron chi connectivity index (χ2n) is 6.72. The Morgan fingerprint density at radius 2 is 1.97 bits per heavy atom. The molecule has 0 saturated heterocycles. The number of nitrogens with zero attached hydrogens (tertiary/aromatic N) is 3. The Hall–Kier alpha value is -3.61. The molecule has 148 valence electrons. The summed E-state index contributed by atoms with van der Waals surface area (Å²) in [6.07, 6.45) is 3.41. The molecule has 1 aromatic carbocycles. The van der Waals surface area contributed by atoms with E-state index in [1.165, 1.54) is 0 Å². The Labute approximate surface area is 168 Å². The molecule has 7 nitrogen and oxygen atoms in total. The maximum atomic E-state index is 12.3. The second-order valence-corrected chi connectivity index (χ2v) is 6.72. The molecule has 1 amide bonds. The van der Waals surface area contributed by atoms with Crippen LogP contribution in [0.2, 0.25) is 0 Å². The standard InChI is InChI=1S/C22H22N4O3/c1-16-7-2-3-8-18(16)28-15-17-11-12-19(29-17)22(27)23-13-6-10-21-25-24-20-9-4-5-14-26(20)21/h2-5,7-9,11-12,14H,6,10,13,15H2,1H3,(H,23,27). The summed E-state index contributed by atoms with van der Waals surface area (Å²) in [6.45, 7) is 2.78. The van der Waals surface area contributed by atoms with Crippen molar-refractivity contribution >= 4 is 11.6 Å². The minimum Gasteiger partial charge on any atom is -0.485 e. The van der Waals surface area contributed by atoms with E-state index in [1.54, 1.807) is 12.1 Å². The van der Waals surface area contributed by atoms with Gasteiger partial charge in [-0.15, -0.1) is 10.2 Å². The van der Waals surface area contributed by atoms with Crippen LogP contribution in [0.1, 0.15) is 34.1 Å². The number of ether oxygens (including phenoxy) is 1.